The summed E-state index contributed by atoms with van der Waals surface area (Å²) in [6, 6.07) is 5.55. The van der Waals surface area contributed by atoms with Crippen LogP contribution in [0.5, 0.6) is 0 Å². The van der Waals surface area contributed by atoms with Crippen LogP contribution in [0.4, 0.5) is 4.39 Å². The lowest BCUT2D eigenvalue weighted by molar-refractivity contribution is 0.614. The van der Waals surface area contributed by atoms with Crippen LogP contribution in [0, 0.1) is 12.7 Å². The third kappa shape index (κ3) is 3.21. The first-order chi connectivity index (χ1) is 10.1. The number of hydrogen-bond donors (Lipinski definition) is 2. The largest absolute Gasteiger partial charge is 0.370 e. The number of nitrogens with two attached hydrogens (primary N) is 1. The van der Waals surface area contributed by atoms with E-state index in [0.29, 0.717) is 24.2 Å². The highest BCUT2D eigenvalue weighted by Crippen LogP contribution is 2.19. The summed E-state index contributed by atoms with van der Waals surface area (Å²) in [5, 5.41) is 3.10. The van der Waals surface area contributed by atoms with Crippen LogP contribution in [0.3, 0.4) is 0 Å². The Morgan fingerprint density at radius 1 is 1.52 bits per heavy atom. The van der Waals surface area contributed by atoms with Crippen molar-refractivity contribution in [3.8, 4) is 5.69 Å². The zero-order valence-corrected chi connectivity index (χ0v) is 11.9. The van der Waals surface area contributed by atoms with Crippen LogP contribution in [0.1, 0.15) is 24.2 Å². The molecular formula is C15H18FN5. The molecule has 1 aromatic carbocycles. The van der Waals surface area contributed by atoms with Gasteiger partial charge >= 0.3 is 0 Å². The van der Waals surface area contributed by atoms with Crippen LogP contribution >= 0.6 is 0 Å². The SMILES string of the molecule is Cc1nccn1-c1ccc(CN=C(N)NC2CC2)cc1F. The molecule has 1 aromatic heterocycles. The molecule has 110 valence electrons. The van der Waals surface area contributed by atoms with Crippen molar-refractivity contribution in [1.29, 1.82) is 0 Å². The molecular weight excluding hydrogens is 269 g/mol. The second-order valence-corrected chi connectivity index (χ2v) is 5.25. The molecule has 1 saturated carbocycles. The van der Waals surface area contributed by atoms with Crippen molar-refractivity contribution < 1.29 is 4.39 Å². The van der Waals surface area contributed by atoms with Crippen LogP contribution in [-0.2, 0) is 6.54 Å². The van der Waals surface area contributed by atoms with Gasteiger partial charge in [-0.25, -0.2) is 14.4 Å². The first-order valence-corrected chi connectivity index (χ1v) is 6.98. The third-order valence-corrected chi connectivity index (χ3v) is 3.46. The predicted molar refractivity (Wildman–Crippen MR) is 79.7 cm³/mol. The predicted octanol–water partition coefficient (Wildman–Crippen LogP) is 1.89. The van der Waals surface area contributed by atoms with E-state index >= 15 is 0 Å². The molecule has 0 spiro atoms. The lowest BCUT2D eigenvalue weighted by Gasteiger charge is -2.08. The summed E-state index contributed by atoms with van der Waals surface area (Å²) in [5.74, 6) is 0.877. The standard InChI is InChI=1S/C15H18FN5/c1-10-18-6-7-21(10)14-5-2-11(8-13(14)16)9-19-15(17)20-12-3-4-12/h2,5-8,12H,3-4,9H2,1H3,(H3,17,19,20). The number of nitrogens with zero attached hydrogens (tertiary/aromatic N) is 3. The van der Waals surface area contributed by atoms with Gasteiger partial charge in [-0.3, -0.25) is 0 Å². The van der Waals surface area contributed by atoms with Gasteiger partial charge in [0.15, 0.2) is 5.96 Å². The summed E-state index contributed by atoms with van der Waals surface area (Å²) in [4.78, 5) is 8.32. The smallest absolute Gasteiger partial charge is 0.189 e. The number of rotatable bonds is 4. The average Bonchev–Trinajstić information content (AvgIpc) is 3.17. The number of aliphatic imine (C=N–C) groups is 1. The zero-order chi connectivity index (χ0) is 14.8. The molecule has 6 heteroatoms. The number of halogens is 1. The summed E-state index contributed by atoms with van der Waals surface area (Å²) in [5.41, 5.74) is 7.03. The molecule has 0 amide bonds. The fourth-order valence-electron chi connectivity index (χ4n) is 2.14. The summed E-state index contributed by atoms with van der Waals surface area (Å²) in [6.45, 7) is 2.20. The minimum atomic E-state index is -0.294. The maximum atomic E-state index is 14.2. The lowest BCUT2D eigenvalue weighted by atomic mass is 10.2. The van der Waals surface area contributed by atoms with Crippen LogP contribution < -0.4 is 11.1 Å². The highest BCUT2D eigenvalue weighted by Gasteiger charge is 2.21. The first-order valence-electron chi connectivity index (χ1n) is 6.98. The van der Waals surface area contributed by atoms with E-state index in [2.05, 4.69) is 15.3 Å². The van der Waals surface area contributed by atoms with Crippen molar-refractivity contribution in [2.75, 3.05) is 0 Å². The number of hydrogen-bond acceptors (Lipinski definition) is 2. The van der Waals surface area contributed by atoms with E-state index in [0.717, 1.165) is 24.2 Å². The minimum Gasteiger partial charge on any atom is -0.370 e. The summed E-state index contributed by atoms with van der Waals surface area (Å²) >= 11 is 0. The van der Waals surface area contributed by atoms with E-state index in [9.17, 15) is 4.39 Å². The van der Waals surface area contributed by atoms with Crippen molar-refractivity contribution in [2.45, 2.75) is 32.4 Å². The third-order valence-electron chi connectivity index (χ3n) is 3.46. The first kappa shape index (κ1) is 13.6. The number of imidazole rings is 1. The molecule has 3 N–H and O–H groups in total. The Kier molecular flexibility index (Phi) is 3.60. The fourth-order valence-corrected chi connectivity index (χ4v) is 2.14. The van der Waals surface area contributed by atoms with Crippen LogP contribution in [0.25, 0.3) is 5.69 Å². The molecule has 0 unspecified atom stereocenters. The van der Waals surface area contributed by atoms with Crippen LogP contribution in [-0.4, -0.2) is 21.6 Å². The van der Waals surface area contributed by atoms with Gasteiger partial charge in [0.2, 0.25) is 0 Å². The van der Waals surface area contributed by atoms with E-state index in [-0.39, 0.29) is 5.82 Å². The van der Waals surface area contributed by atoms with Gasteiger partial charge in [-0.05, 0) is 37.5 Å². The van der Waals surface area contributed by atoms with Gasteiger partial charge in [0, 0.05) is 18.4 Å². The fraction of sp³-hybridized carbons (Fsp3) is 0.333. The molecule has 0 aliphatic heterocycles. The van der Waals surface area contributed by atoms with Gasteiger partial charge in [-0.1, -0.05) is 6.07 Å². The second-order valence-electron chi connectivity index (χ2n) is 5.25. The number of aryl methyl sites for hydroxylation is 1. The van der Waals surface area contributed by atoms with E-state index in [1.165, 1.54) is 6.07 Å². The highest BCUT2D eigenvalue weighted by atomic mass is 19.1. The maximum absolute atomic E-state index is 14.2. The van der Waals surface area contributed by atoms with E-state index in [4.69, 9.17) is 5.73 Å². The van der Waals surface area contributed by atoms with Gasteiger partial charge in [0.25, 0.3) is 0 Å². The Labute approximate surface area is 122 Å². The van der Waals surface area contributed by atoms with Crippen LogP contribution in [0.2, 0.25) is 0 Å². The normalized spacial score (nSPS) is 15.2. The monoisotopic (exact) mass is 287 g/mol. The number of benzene rings is 1. The molecule has 3 rings (SSSR count). The molecule has 0 radical (unpaired) electrons. The molecule has 1 aliphatic rings. The van der Waals surface area contributed by atoms with Gasteiger partial charge < -0.3 is 15.6 Å². The summed E-state index contributed by atoms with van der Waals surface area (Å²) in [7, 11) is 0. The molecule has 1 heterocycles. The Balaban J connectivity index is 1.73. The Morgan fingerprint density at radius 2 is 2.33 bits per heavy atom. The second kappa shape index (κ2) is 5.55. The highest BCUT2D eigenvalue weighted by molar-refractivity contribution is 5.78. The van der Waals surface area contributed by atoms with Gasteiger partial charge in [-0.15, -0.1) is 0 Å². The molecule has 1 aliphatic carbocycles. The van der Waals surface area contributed by atoms with Gasteiger partial charge in [0.1, 0.15) is 11.6 Å². The number of nitrogens with one attached hydrogen (secondary N) is 1. The molecule has 1 fully saturated rings. The lowest BCUT2D eigenvalue weighted by Crippen LogP contribution is -2.33. The summed E-state index contributed by atoms with van der Waals surface area (Å²) < 4.78 is 15.9. The molecule has 0 bridgehead atoms. The molecule has 5 nitrogen and oxygen atoms in total. The minimum absolute atomic E-state index is 0.294. The molecule has 2 aromatic rings. The zero-order valence-electron chi connectivity index (χ0n) is 11.9. The van der Waals surface area contributed by atoms with E-state index in [1.54, 1.807) is 23.0 Å². The number of guanidine groups is 1. The van der Waals surface area contributed by atoms with E-state index < -0.39 is 0 Å². The van der Waals surface area contributed by atoms with Crippen molar-refractivity contribution in [3.05, 3.63) is 47.8 Å². The Bertz CT molecular complexity index is 672. The van der Waals surface area contributed by atoms with Gasteiger partial charge in [0.05, 0.1) is 12.2 Å². The van der Waals surface area contributed by atoms with Crippen molar-refractivity contribution >= 4 is 5.96 Å². The number of aromatic nitrogens is 2. The Hall–Kier alpha value is -2.37. The Morgan fingerprint density at radius 3 is 2.95 bits per heavy atom. The summed E-state index contributed by atoms with van der Waals surface area (Å²) in [6.07, 6.45) is 5.67. The average molecular weight is 287 g/mol. The topological polar surface area (TPSA) is 68.2 Å². The van der Waals surface area contributed by atoms with Crippen molar-refractivity contribution in [3.63, 3.8) is 0 Å². The van der Waals surface area contributed by atoms with Crippen molar-refractivity contribution in [2.24, 2.45) is 10.7 Å². The van der Waals surface area contributed by atoms with E-state index in [1.807, 2.05) is 13.0 Å². The molecule has 21 heavy (non-hydrogen) atoms. The van der Waals surface area contributed by atoms with Gasteiger partial charge in [-0.2, -0.15) is 0 Å². The van der Waals surface area contributed by atoms with Crippen LogP contribution in [0.15, 0.2) is 35.6 Å². The molecule has 0 atom stereocenters. The maximum Gasteiger partial charge on any atom is 0.189 e. The molecule has 0 saturated heterocycles. The van der Waals surface area contributed by atoms with Crippen molar-refractivity contribution in [1.82, 2.24) is 14.9 Å². The quantitative estimate of drug-likeness (QED) is 0.666.